The molecule has 3 rings (SSSR count). The van der Waals surface area contributed by atoms with Gasteiger partial charge in [-0.05, 0) is 32.3 Å². The van der Waals surface area contributed by atoms with Gasteiger partial charge in [-0.15, -0.1) is 11.3 Å². The molecule has 0 bridgehead atoms. The zero-order valence-electron chi connectivity index (χ0n) is 16.5. The molecule has 1 fully saturated rings. The zero-order valence-corrected chi connectivity index (χ0v) is 17.3. The summed E-state index contributed by atoms with van der Waals surface area (Å²) in [6.45, 7) is 6.73. The number of ether oxygens (including phenoxy) is 1. The van der Waals surface area contributed by atoms with Gasteiger partial charge in [-0.25, -0.2) is 4.98 Å². The molecule has 0 aliphatic carbocycles. The zero-order chi connectivity index (χ0) is 19.1. The molecular formula is C21H30N4OS. The smallest absolute Gasteiger partial charge is 0.191 e. The molecular weight excluding hydrogens is 356 g/mol. The predicted molar refractivity (Wildman–Crippen MR) is 113 cm³/mol. The van der Waals surface area contributed by atoms with Crippen molar-refractivity contribution in [1.82, 2.24) is 15.6 Å². The lowest BCUT2D eigenvalue weighted by atomic mass is 9.89. The van der Waals surface area contributed by atoms with Crippen LogP contribution in [0.1, 0.15) is 40.0 Å². The van der Waals surface area contributed by atoms with Gasteiger partial charge in [0.25, 0.3) is 0 Å². The van der Waals surface area contributed by atoms with Gasteiger partial charge in [0.2, 0.25) is 0 Å². The minimum absolute atomic E-state index is 0.156. The molecule has 2 unspecified atom stereocenters. The molecule has 6 heteroatoms. The highest BCUT2D eigenvalue weighted by atomic mass is 32.1. The number of nitrogens with zero attached hydrogens (tertiary/aromatic N) is 2. The Balaban J connectivity index is 1.50. The molecule has 1 aromatic heterocycles. The van der Waals surface area contributed by atoms with Gasteiger partial charge >= 0.3 is 0 Å². The van der Waals surface area contributed by atoms with Crippen LogP contribution in [0.4, 0.5) is 0 Å². The van der Waals surface area contributed by atoms with Crippen molar-refractivity contribution in [1.29, 1.82) is 0 Å². The van der Waals surface area contributed by atoms with E-state index in [1.54, 1.807) is 11.3 Å². The van der Waals surface area contributed by atoms with Crippen LogP contribution in [0.3, 0.4) is 0 Å². The fourth-order valence-electron chi connectivity index (χ4n) is 3.43. The summed E-state index contributed by atoms with van der Waals surface area (Å²) in [5, 5.41) is 8.04. The van der Waals surface area contributed by atoms with E-state index >= 15 is 0 Å². The average molecular weight is 387 g/mol. The number of hydrogen-bond acceptors (Lipinski definition) is 4. The standard InChI is InChI=1S/C21H30N4OS/c1-15-6-8-17(9-7-15)20-18(5-4-12-26-20)14-25-21(22-3)23-11-10-19-24-13-16(2)27-19/h6-9,13,18,20H,4-5,10-12,14H2,1-3H3,(H2,22,23,25). The predicted octanol–water partition coefficient (Wildman–Crippen LogP) is 3.64. The summed E-state index contributed by atoms with van der Waals surface area (Å²) in [7, 11) is 1.82. The van der Waals surface area contributed by atoms with Gasteiger partial charge in [0, 0.05) is 50.2 Å². The van der Waals surface area contributed by atoms with Crippen LogP contribution in [0.15, 0.2) is 35.5 Å². The Labute approximate surface area is 166 Å². The fourth-order valence-corrected chi connectivity index (χ4v) is 4.22. The maximum atomic E-state index is 6.12. The number of thiazole rings is 1. The highest BCUT2D eigenvalue weighted by Gasteiger charge is 2.27. The molecule has 2 atom stereocenters. The Morgan fingerprint density at radius 1 is 1.26 bits per heavy atom. The quantitative estimate of drug-likeness (QED) is 0.588. The molecule has 1 aromatic carbocycles. The molecule has 0 spiro atoms. The Kier molecular flexibility index (Phi) is 7.24. The molecule has 0 saturated carbocycles. The van der Waals surface area contributed by atoms with E-state index in [0.29, 0.717) is 5.92 Å². The first-order valence-electron chi connectivity index (χ1n) is 9.69. The molecule has 1 aliphatic heterocycles. The van der Waals surface area contributed by atoms with Gasteiger partial charge in [-0.1, -0.05) is 29.8 Å². The minimum atomic E-state index is 0.156. The Morgan fingerprint density at radius 2 is 2.07 bits per heavy atom. The molecule has 5 nitrogen and oxygen atoms in total. The van der Waals surface area contributed by atoms with Crippen LogP contribution in [0.2, 0.25) is 0 Å². The number of nitrogens with one attached hydrogen (secondary N) is 2. The van der Waals surface area contributed by atoms with Crippen molar-refractivity contribution in [3.63, 3.8) is 0 Å². The van der Waals surface area contributed by atoms with Crippen LogP contribution in [-0.2, 0) is 11.2 Å². The van der Waals surface area contributed by atoms with Gasteiger partial charge in [0.15, 0.2) is 5.96 Å². The fraction of sp³-hybridized carbons (Fsp3) is 0.524. The molecule has 0 amide bonds. The summed E-state index contributed by atoms with van der Waals surface area (Å²) in [5.74, 6) is 1.29. The number of aliphatic imine (C=N–C) groups is 1. The highest BCUT2D eigenvalue weighted by molar-refractivity contribution is 7.11. The van der Waals surface area contributed by atoms with E-state index in [4.69, 9.17) is 4.74 Å². The van der Waals surface area contributed by atoms with E-state index in [-0.39, 0.29) is 6.10 Å². The van der Waals surface area contributed by atoms with E-state index in [9.17, 15) is 0 Å². The molecule has 2 heterocycles. The van der Waals surface area contributed by atoms with Crippen molar-refractivity contribution >= 4 is 17.3 Å². The average Bonchev–Trinajstić information content (AvgIpc) is 3.10. The molecule has 1 aliphatic rings. The van der Waals surface area contributed by atoms with E-state index in [1.807, 2.05) is 13.2 Å². The third-order valence-corrected chi connectivity index (χ3v) is 5.88. The summed E-state index contributed by atoms with van der Waals surface area (Å²) in [6.07, 6.45) is 5.28. The van der Waals surface area contributed by atoms with Crippen molar-refractivity contribution in [3.8, 4) is 0 Å². The second-order valence-electron chi connectivity index (χ2n) is 7.10. The van der Waals surface area contributed by atoms with Crippen molar-refractivity contribution in [2.45, 2.75) is 39.2 Å². The molecule has 2 aromatic rings. The number of aryl methyl sites for hydroxylation is 2. The van der Waals surface area contributed by atoms with Crippen LogP contribution in [-0.4, -0.2) is 37.7 Å². The SMILES string of the molecule is CN=C(NCCc1ncc(C)s1)NCC1CCCOC1c1ccc(C)cc1. The molecule has 146 valence electrons. The van der Waals surface area contributed by atoms with Crippen molar-refractivity contribution < 1.29 is 4.74 Å². The normalized spacial score (nSPS) is 20.5. The second-order valence-corrected chi connectivity index (χ2v) is 8.42. The number of hydrogen-bond donors (Lipinski definition) is 2. The monoisotopic (exact) mass is 386 g/mol. The molecule has 1 saturated heterocycles. The Morgan fingerprint density at radius 3 is 2.78 bits per heavy atom. The van der Waals surface area contributed by atoms with Crippen LogP contribution in [0.25, 0.3) is 0 Å². The Hall–Kier alpha value is -1.92. The lowest BCUT2D eigenvalue weighted by Crippen LogP contribution is -2.42. The van der Waals surface area contributed by atoms with Crippen molar-refractivity contribution in [3.05, 3.63) is 51.5 Å². The number of benzene rings is 1. The summed E-state index contributed by atoms with van der Waals surface area (Å²) in [4.78, 5) is 10.0. The topological polar surface area (TPSA) is 58.5 Å². The summed E-state index contributed by atoms with van der Waals surface area (Å²) >= 11 is 1.75. The molecule has 2 N–H and O–H groups in total. The second kappa shape index (κ2) is 9.85. The van der Waals surface area contributed by atoms with Crippen molar-refractivity contribution in [2.75, 3.05) is 26.7 Å². The number of guanidine groups is 1. The van der Waals surface area contributed by atoms with Gasteiger partial charge in [0.05, 0.1) is 11.1 Å². The van der Waals surface area contributed by atoms with Crippen LogP contribution in [0.5, 0.6) is 0 Å². The van der Waals surface area contributed by atoms with E-state index < -0.39 is 0 Å². The molecule has 0 radical (unpaired) electrons. The van der Waals surface area contributed by atoms with Gasteiger partial charge < -0.3 is 15.4 Å². The summed E-state index contributed by atoms with van der Waals surface area (Å²) in [6, 6.07) is 8.72. The summed E-state index contributed by atoms with van der Waals surface area (Å²) < 4.78 is 6.12. The van der Waals surface area contributed by atoms with Crippen LogP contribution in [0, 0.1) is 19.8 Å². The number of rotatable bonds is 6. The third-order valence-electron chi connectivity index (χ3n) is 4.91. The van der Waals surface area contributed by atoms with E-state index in [2.05, 4.69) is 58.7 Å². The largest absolute Gasteiger partial charge is 0.373 e. The minimum Gasteiger partial charge on any atom is -0.373 e. The van der Waals surface area contributed by atoms with Crippen LogP contribution < -0.4 is 10.6 Å². The lowest BCUT2D eigenvalue weighted by molar-refractivity contribution is -0.0265. The number of aromatic nitrogens is 1. The Bertz CT molecular complexity index is 741. The summed E-state index contributed by atoms with van der Waals surface area (Å²) in [5.41, 5.74) is 2.55. The van der Waals surface area contributed by atoms with Gasteiger partial charge in [-0.2, -0.15) is 0 Å². The maximum absolute atomic E-state index is 6.12. The van der Waals surface area contributed by atoms with Crippen LogP contribution >= 0.6 is 11.3 Å². The molecule has 27 heavy (non-hydrogen) atoms. The highest BCUT2D eigenvalue weighted by Crippen LogP contribution is 2.33. The first kappa shape index (κ1) is 19.8. The van der Waals surface area contributed by atoms with Gasteiger partial charge in [-0.3, -0.25) is 4.99 Å². The van der Waals surface area contributed by atoms with Crippen molar-refractivity contribution in [2.24, 2.45) is 10.9 Å². The van der Waals surface area contributed by atoms with E-state index in [1.165, 1.54) is 22.4 Å². The van der Waals surface area contributed by atoms with Gasteiger partial charge in [0.1, 0.15) is 0 Å². The first-order valence-corrected chi connectivity index (χ1v) is 10.5. The third kappa shape index (κ3) is 5.78. The lowest BCUT2D eigenvalue weighted by Gasteiger charge is -2.32. The van der Waals surface area contributed by atoms with E-state index in [0.717, 1.165) is 43.5 Å². The maximum Gasteiger partial charge on any atom is 0.191 e. The first-order chi connectivity index (χ1) is 13.2.